The third-order valence-electron chi connectivity index (χ3n) is 0. The Morgan fingerprint density at radius 2 is 1.14 bits per heavy atom. The third-order valence-corrected chi connectivity index (χ3v) is 0. The van der Waals surface area contributed by atoms with E-state index in [2.05, 4.69) is 0 Å². The SMILES string of the molecule is N.N.O=C(O)O.[AlH3]. The minimum absolute atomic E-state index is 0. The molecule has 5 nitrogen and oxygen atoms in total. The van der Waals surface area contributed by atoms with Crippen molar-refractivity contribution in [2.24, 2.45) is 0 Å². The quantitative estimate of drug-likeness (QED) is 0.321. The summed E-state index contributed by atoms with van der Waals surface area (Å²) in [6.07, 6.45) is -1.83. The average Bonchev–Trinajstić information content (AvgIpc) is 0.811. The highest BCUT2D eigenvalue weighted by Gasteiger charge is 1.70. The van der Waals surface area contributed by atoms with Gasteiger partial charge in [-0.2, -0.15) is 0 Å². The summed E-state index contributed by atoms with van der Waals surface area (Å²) in [5, 5.41) is 13.9. The van der Waals surface area contributed by atoms with E-state index in [1.165, 1.54) is 0 Å². The van der Waals surface area contributed by atoms with E-state index in [1.807, 2.05) is 0 Å². The first kappa shape index (κ1) is 29.7. The zero-order valence-electron chi connectivity index (χ0n) is 3.22. The molecular weight excluding hydrogens is 115 g/mol. The predicted octanol–water partition coefficient (Wildman–Crippen LogP) is -0.638. The van der Waals surface area contributed by atoms with Crippen molar-refractivity contribution in [3.8, 4) is 0 Å². The largest absolute Gasteiger partial charge is 0.503 e. The fourth-order valence-electron chi connectivity index (χ4n) is 0. The molecule has 0 saturated heterocycles. The van der Waals surface area contributed by atoms with Crippen molar-refractivity contribution in [1.29, 1.82) is 0 Å². The van der Waals surface area contributed by atoms with Gasteiger partial charge in [0.15, 0.2) is 17.4 Å². The van der Waals surface area contributed by atoms with Crippen LogP contribution >= 0.6 is 0 Å². The highest BCUT2D eigenvalue weighted by molar-refractivity contribution is 5.75. The standard InChI is InChI=1S/CH2O3.Al.2H3N.3H/c2-1(3)4;;;;;;/h(H2,2,3,4);;2*1H3;;;. The van der Waals surface area contributed by atoms with Gasteiger partial charge in [-0.25, -0.2) is 4.79 Å². The maximum Gasteiger partial charge on any atom is 0.503 e. The van der Waals surface area contributed by atoms with Crippen molar-refractivity contribution in [3.05, 3.63) is 0 Å². The number of carbonyl (C=O) groups is 1. The van der Waals surface area contributed by atoms with Crippen molar-refractivity contribution in [2.45, 2.75) is 0 Å². The molecule has 0 saturated carbocycles. The van der Waals surface area contributed by atoms with Gasteiger partial charge in [0.05, 0.1) is 0 Å². The van der Waals surface area contributed by atoms with Gasteiger partial charge in [0, 0.05) is 0 Å². The van der Waals surface area contributed by atoms with Crippen LogP contribution < -0.4 is 12.3 Å². The Hall–Kier alpha value is -0.278. The first-order valence-corrected chi connectivity index (χ1v) is 0.651. The molecule has 0 spiro atoms. The van der Waals surface area contributed by atoms with E-state index in [4.69, 9.17) is 15.0 Å². The van der Waals surface area contributed by atoms with Crippen molar-refractivity contribution < 1.29 is 15.0 Å². The second-order valence-corrected chi connectivity index (χ2v) is 0.283. The van der Waals surface area contributed by atoms with Crippen LogP contribution in [0.25, 0.3) is 0 Å². The summed E-state index contributed by atoms with van der Waals surface area (Å²) in [6.45, 7) is 0. The van der Waals surface area contributed by atoms with E-state index in [9.17, 15) is 0 Å². The highest BCUT2D eigenvalue weighted by atomic mass is 27.0. The lowest BCUT2D eigenvalue weighted by Crippen LogP contribution is -1.81. The number of rotatable bonds is 0. The monoisotopic (exact) mass is 126 g/mol. The van der Waals surface area contributed by atoms with Crippen LogP contribution in [0.15, 0.2) is 0 Å². The van der Waals surface area contributed by atoms with Gasteiger partial charge in [0.25, 0.3) is 0 Å². The number of hydrogen-bond acceptors (Lipinski definition) is 3. The Labute approximate surface area is 51.6 Å². The van der Waals surface area contributed by atoms with Gasteiger partial charge < -0.3 is 22.5 Å². The van der Waals surface area contributed by atoms with E-state index in [1.54, 1.807) is 0 Å². The third kappa shape index (κ3) is 1030. The number of hydrogen-bond donors (Lipinski definition) is 4. The van der Waals surface area contributed by atoms with Crippen LogP contribution in [0.4, 0.5) is 4.79 Å². The molecule has 0 rings (SSSR count). The zero-order chi connectivity index (χ0) is 3.58. The molecule has 0 atom stereocenters. The summed E-state index contributed by atoms with van der Waals surface area (Å²) >= 11 is 0. The van der Waals surface area contributed by atoms with E-state index in [0.717, 1.165) is 0 Å². The van der Waals surface area contributed by atoms with Crippen LogP contribution in [0.1, 0.15) is 0 Å². The fraction of sp³-hybridized carbons (Fsp3) is 0. The molecule has 0 aliphatic carbocycles. The molecule has 0 aromatic heterocycles. The Kier molecular flexibility index (Phi) is 73.1. The molecule has 0 amide bonds. The van der Waals surface area contributed by atoms with Crippen LogP contribution in [0.2, 0.25) is 0 Å². The Balaban J connectivity index is -0.0000000150. The lowest BCUT2D eigenvalue weighted by Gasteiger charge is -1.60. The van der Waals surface area contributed by atoms with Gasteiger partial charge >= 0.3 is 6.16 Å². The normalized spacial score (nSPS) is 3.43. The Morgan fingerprint density at radius 3 is 1.14 bits per heavy atom. The molecule has 0 unspecified atom stereocenters. The zero-order valence-corrected chi connectivity index (χ0v) is 3.22. The molecule has 6 heteroatoms. The second kappa shape index (κ2) is 17.2. The molecule has 0 fully saturated rings. The second-order valence-electron chi connectivity index (χ2n) is 0.283. The maximum absolute atomic E-state index is 8.56. The van der Waals surface area contributed by atoms with E-state index < -0.39 is 6.16 Å². The first-order chi connectivity index (χ1) is 1.73. The van der Waals surface area contributed by atoms with E-state index in [-0.39, 0.29) is 29.7 Å². The van der Waals surface area contributed by atoms with Crippen molar-refractivity contribution in [3.63, 3.8) is 0 Å². The minimum Gasteiger partial charge on any atom is -0.450 e. The van der Waals surface area contributed by atoms with Crippen LogP contribution in [0.5, 0.6) is 0 Å². The molecule has 46 valence electrons. The van der Waals surface area contributed by atoms with Crippen molar-refractivity contribution >= 4 is 23.5 Å². The van der Waals surface area contributed by atoms with Gasteiger partial charge in [-0.1, -0.05) is 0 Å². The Bertz CT molecular complexity index is 35.9. The highest BCUT2D eigenvalue weighted by Crippen LogP contribution is 1.42. The van der Waals surface area contributed by atoms with E-state index >= 15 is 0 Å². The van der Waals surface area contributed by atoms with Crippen LogP contribution in [0.3, 0.4) is 0 Å². The topological polar surface area (TPSA) is 128 Å². The summed E-state index contributed by atoms with van der Waals surface area (Å²) < 4.78 is 0. The Morgan fingerprint density at radius 1 is 1.14 bits per heavy atom. The van der Waals surface area contributed by atoms with Gasteiger partial charge in [-0.05, 0) is 0 Å². The molecule has 0 aromatic rings. The summed E-state index contributed by atoms with van der Waals surface area (Å²) in [5.74, 6) is 0. The average molecular weight is 126 g/mol. The lowest BCUT2D eigenvalue weighted by molar-refractivity contribution is 0.137. The smallest absolute Gasteiger partial charge is 0.450 e. The number of carboxylic acid groups (broad SMARTS) is 2. The summed E-state index contributed by atoms with van der Waals surface area (Å²) in [6, 6.07) is 0. The summed E-state index contributed by atoms with van der Waals surface area (Å²) in [7, 11) is 0. The summed E-state index contributed by atoms with van der Waals surface area (Å²) in [4.78, 5) is 8.56. The maximum atomic E-state index is 8.56. The fourth-order valence-corrected chi connectivity index (χ4v) is 0. The van der Waals surface area contributed by atoms with Gasteiger partial charge in [-0.15, -0.1) is 0 Å². The van der Waals surface area contributed by atoms with Crippen LogP contribution in [0, 0.1) is 0 Å². The van der Waals surface area contributed by atoms with Crippen LogP contribution in [-0.2, 0) is 0 Å². The molecular formula is CH11AlN2O3. The minimum atomic E-state index is -1.83. The summed E-state index contributed by atoms with van der Waals surface area (Å²) in [5.41, 5.74) is 0. The van der Waals surface area contributed by atoms with Gasteiger partial charge in [0.1, 0.15) is 0 Å². The van der Waals surface area contributed by atoms with Crippen LogP contribution in [-0.4, -0.2) is 33.7 Å². The molecule has 0 aliphatic heterocycles. The van der Waals surface area contributed by atoms with Gasteiger partial charge in [-0.3, -0.25) is 0 Å². The molecule has 0 heterocycles. The van der Waals surface area contributed by atoms with Crippen molar-refractivity contribution in [2.75, 3.05) is 0 Å². The van der Waals surface area contributed by atoms with E-state index in [0.29, 0.717) is 0 Å². The van der Waals surface area contributed by atoms with Crippen molar-refractivity contribution in [1.82, 2.24) is 12.3 Å². The lowest BCUT2D eigenvalue weighted by atomic mass is 11.5. The molecule has 0 bridgehead atoms. The molecule has 0 aliphatic rings. The predicted molar refractivity (Wildman–Crippen MR) is 30.6 cm³/mol. The molecule has 0 aromatic carbocycles. The molecule has 0 radical (unpaired) electrons. The van der Waals surface area contributed by atoms with Gasteiger partial charge in [0.2, 0.25) is 0 Å². The molecule has 8 N–H and O–H groups in total. The molecule has 7 heavy (non-hydrogen) atoms. The first-order valence-electron chi connectivity index (χ1n) is 0.651.